The van der Waals surface area contributed by atoms with E-state index in [-0.39, 0.29) is 17.9 Å². The number of likely N-dealkylation sites (tertiary alicyclic amines) is 1. The van der Waals surface area contributed by atoms with E-state index < -0.39 is 13.0 Å². The molecule has 0 bridgehead atoms. The lowest BCUT2D eigenvalue weighted by Crippen LogP contribution is -2.45. The summed E-state index contributed by atoms with van der Waals surface area (Å²) in [4.78, 5) is 18.1. The Morgan fingerprint density at radius 2 is 2.05 bits per heavy atom. The monoisotopic (exact) mass is 316 g/mol. The van der Waals surface area contributed by atoms with Gasteiger partial charge in [0.1, 0.15) is 6.54 Å². The van der Waals surface area contributed by atoms with Crippen LogP contribution >= 0.6 is 0 Å². The Morgan fingerprint density at radius 1 is 1.32 bits per heavy atom. The number of carbonyl (C=O) groups is 1. The number of amides is 1. The molecular weight excluding hydrogens is 290 g/mol. The molecule has 22 heavy (non-hydrogen) atoms. The van der Waals surface area contributed by atoms with Crippen LogP contribution in [0.25, 0.3) is 0 Å². The maximum atomic E-state index is 12.4. The van der Waals surface area contributed by atoms with Crippen molar-refractivity contribution in [3.05, 3.63) is 0 Å². The van der Waals surface area contributed by atoms with E-state index in [2.05, 4.69) is 15.6 Å². The molecule has 2 fully saturated rings. The predicted octanol–water partition coefficient (Wildman–Crippen LogP) is 1.60. The quantitative estimate of drug-likeness (QED) is 0.598. The molecule has 1 saturated heterocycles. The molecule has 1 aliphatic heterocycles. The lowest BCUT2D eigenvalue weighted by molar-refractivity contribution is -0.134. The van der Waals surface area contributed by atoms with Gasteiger partial charge in [-0.3, -0.25) is 4.79 Å². The molecule has 5 nitrogen and oxygen atoms in total. The van der Waals surface area contributed by atoms with Crippen LogP contribution in [-0.2, 0) is 4.79 Å². The van der Waals surface area contributed by atoms with Gasteiger partial charge in [0.2, 0.25) is 5.91 Å². The third kappa shape index (κ3) is 4.81. The van der Waals surface area contributed by atoms with Gasteiger partial charge in [-0.05, 0) is 26.2 Å². The number of guanidine groups is 1. The van der Waals surface area contributed by atoms with Crippen molar-refractivity contribution in [1.29, 1.82) is 0 Å². The second-order valence-corrected chi connectivity index (χ2v) is 6.01. The van der Waals surface area contributed by atoms with Crippen molar-refractivity contribution in [3.63, 3.8) is 0 Å². The zero-order valence-corrected chi connectivity index (χ0v) is 13.2. The lowest BCUT2D eigenvalue weighted by atomic mass is 10.1. The summed E-state index contributed by atoms with van der Waals surface area (Å²) in [7, 11) is 0. The van der Waals surface area contributed by atoms with Crippen molar-refractivity contribution in [1.82, 2.24) is 15.5 Å². The first-order valence-corrected chi connectivity index (χ1v) is 8.22. The van der Waals surface area contributed by atoms with Crippen molar-refractivity contribution in [3.8, 4) is 0 Å². The number of hydrogen-bond donors (Lipinski definition) is 2. The lowest BCUT2D eigenvalue weighted by Gasteiger charge is -2.21. The van der Waals surface area contributed by atoms with Crippen LogP contribution in [0.15, 0.2) is 4.99 Å². The van der Waals surface area contributed by atoms with Gasteiger partial charge in [-0.2, -0.15) is 0 Å². The van der Waals surface area contributed by atoms with Gasteiger partial charge in [-0.15, -0.1) is 0 Å². The highest BCUT2D eigenvalue weighted by molar-refractivity contribution is 5.81. The minimum Gasteiger partial charge on any atom is -0.357 e. The van der Waals surface area contributed by atoms with E-state index in [9.17, 15) is 13.6 Å². The first-order chi connectivity index (χ1) is 10.6. The summed E-state index contributed by atoms with van der Waals surface area (Å²) < 4.78 is 24.5. The highest BCUT2D eigenvalue weighted by atomic mass is 19.3. The molecule has 2 rings (SSSR count). The van der Waals surface area contributed by atoms with Crippen LogP contribution < -0.4 is 10.6 Å². The molecule has 1 unspecified atom stereocenters. The van der Waals surface area contributed by atoms with Crippen LogP contribution in [-0.4, -0.2) is 55.4 Å². The molecule has 1 atom stereocenters. The first-order valence-electron chi connectivity index (χ1n) is 8.22. The van der Waals surface area contributed by atoms with Crippen LogP contribution in [0.1, 0.15) is 39.0 Å². The average molecular weight is 316 g/mol. The minimum absolute atomic E-state index is 0.0841. The van der Waals surface area contributed by atoms with Crippen molar-refractivity contribution in [2.24, 2.45) is 10.9 Å². The van der Waals surface area contributed by atoms with E-state index in [1.54, 1.807) is 0 Å². The molecule has 1 heterocycles. The van der Waals surface area contributed by atoms with Gasteiger partial charge in [0.05, 0.1) is 0 Å². The summed E-state index contributed by atoms with van der Waals surface area (Å²) in [5, 5.41) is 6.13. The number of nitrogens with zero attached hydrogens (tertiary/aromatic N) is 2. The van der Waals surface area contributed by atoms with Gasteiger partial charge in [-0.25, -0.2) is 13.8 Å². The average Bonchev–Trinajstić information content (AvgIpc) is 3.16. The number of nitrogens with one attached hydrogen (secondary N) is 2. The number of halogens is 2. The Morgan fingerprint density at radius 3 is 2.68 bits per heavy atom. The van der Waals surface area contributed by atoms with Crippen LogP contribution in [0.4, 0.5) is 8.78 Å². The Bertz CT molecular complexity index is 397. The Hall–Kier alpha value is -1.40. The molecule has 0 aromatic heterocycles. The first kappa shape index (κ1) is 17.0. The summed E-state index contributed by atoms with van der Waals surface area (Å²) in [6.07, 6.45) is 2.70. The zero-order valence-electron chi connectivity index (χ0n) is 13.2. The summed E-state index contributed by atoms with van der Waals surface area (Å²) in [6.45, 7) is 3.37. The Kier molecular flexibility index (Phi) is 6.39. The summed E-state index contributed by atoms with van der Waals surface area (Å²) in [6, 6.07) is 0.0841. The summed E-state index contributed by atoms with van der Waals surface area (Å²) >= 11 is 0. The van der Waals surface area contributed by atoms with Crippen LogP contribution in [0, 0.1) is 5.92 Å². The molecule has 1 aliphatic carbocycles. The Labute approximate surface area is 130 Å². The molecule has 2 N–H and O–H groups in total. The smallest absolute Gasteiger partial charge is 0.257 e. The van der Waals surface area contributed by atoms with E-state index in [0.717, 1.165) is 38.6 Å². The maximum absolute atomic E-state index is 12.4. The SMILES string of the molecule is CCNC(=NCC(F)F)NC1CCN(C(=O)C2CCCC2)C1. The molecule has 1 saturated carbocycles. The maximum Gasteiger partial charge on any atom is 0.257 e. The van der Waals surface area contributed by atoms with E-state index in [4.69, 9.17) is 0 Å². The van der Waals surface area contributed by atoms with Gasteiger partial charge in [0, 0.05) is 31.6 Å². The third-order valence-corrected chi connectivity index (χ3v) is 4.28. The Balaban J connectivity index is 1.83. The second-order valence-electron chi connectivity index (χ2n) is 6.01. The van der Waals surface area contributed by atoms with Crippen molar-refractivity contribution in [2.45, 2.75) is 51.5 Å². The molecule has 126 valence electrons. The van der Waals surface area contributed by atoms with E-state index in [1.165, 1.54) is 0 Å². The van der Waals surface area contributed by atoms with Gasteiger partial charge in [-0.1, -0.05) is 12.8 Å². The topological polar surface area (TPSA) is 56.7 Å². The van der Waals surface area contributed by atoms with Crippen molar-refractivity contribution >= 4 is 11.9 Å². The van der Waals surface area contributed by atoms with Crippen molar-refractivity contribution < 1.29 is 13.6 Å². The molecule has 0 aromatic rings. The number of aliphatic imine (C=N–C) groups is 1. The van der Waals surface area contributed by atoms with Crippen molar-refractivity contribution in [2.75, 3.05) is 26.2 Å². The second kappa shape index (κ2) is 8.29. The predicted molar refractivity (Wildman–Crippen MR) is 82.1 cm³/mol. The standard InChI is InChI=1S/C15H26F2N4O/c1-2-18-15(19-9-13(16)17)20-12-7-8-21(10-12)14(22)11-5-3-4-6-11/h11-13H,2-10H2,1H3,(H2,18,19,20). The molecule has 0 spiro atoms. The molecule has 0 aromatic carbocycles. The van der Waals surface area contributed by atoms with Gasteiger partial charge in [0.15, 0.2) is 5.96 Å². The molecule has 0 radical (unpaired) electrons. The highest BCUT2D eigenvalue weighted by Gasteiger charge is 2.32. The minimum atomic E-state index is -2.44. The number of carbonyl (C=O) groups excluding carboxylic acids is 1. The summed E-state index contributed by atoms with van der Waals surface area (Å²) in [5.74, 6) is 0.860. The fraction of sp³-hybridized carbons (Fsp3) is 0.867. The largest absolute Gasteiger partial charge is 0.357 e. The number of hydrogen-bond acceptors (Lipinski definition) is 2. The normalized spacial score (nSPS) is 23.4. The van der Waals surface area contributed by atoms with Gasteiger partial charge in [0.25, 0.3) is 6.43 Å². The number of rotatable bonds is 5. The van der Waals surface area contributed by atoms with E-state index in [0.29, 0.717) is 19.0 Å². The molecule has 1 amide bonds. The van der Waals surface area contributed by atoms with E-state index >= 15 is 0 Å². The van der Waals surface area contributed by atoms with Crippen LogP contribution in [0.2, 0.25) is 0 Å². The fourth-order valence-corrected chi connectivity index (χ4v) is 3.18. The van der Waals surface area contributed by atoms with E-state index in [1.807, 2.05) is 11.8 Å². The van der Waals surface area contributed by atoms with Crippen LogP contribution in [0.3, 0.4) is 0 Å². The molecule has 2 aliphatic rings. The van der Waals surface area contributed by atoms with Gasteiger partial charge < -0.3 is 15.5 Å². The van der Waals surface area contributed by atoms with Crippen LogP contribution in [0.5, 0.6) is 0 Å². The van der Waals surface area contributed by atoms with Gasteiger partial charge >= 0.3 is 0 Å². The number of alkyl halides is 2. The zero-order chi connectivity index (χ0) is 15.9. The third-order valence-electron chi connectivity index (χ3n) is 4.28. The fourth-order valence-electron chi connectivity index (χ4n) is 3.18. The molecular formula is C15H26F2N4O. The molecule has 7 heteroatoms. The highest BCUT2D eigenvalue weighted by Crippen LogP contribution is 2.27. The summed E-state index contributed by atoms with van der Waals surface area (Å²) in [5.41, 5.74) is 0.